The van der Waals surface area contributed by atoms with Gasteiger partial charge in [0.25, 0.3) is 0 Å². The Hall–Kier alpha value is -1.19. The smallest absolute Gasteiger partial charge is 0.150 e. The minimum atomic E-state index is 0.787. The number of nitrogen functional groups attached to an aromatic ring is 1. The predicted molar refractivity (Wildman–Crippen MR) is 81.4 cm³/mol. The topological polar surface area (TPSA) is 47.1 Å². The van der Waals surface area contributed by atoms with Crippen molar-refractivity contribution in [2.75, 3.05) is 23.7 Å². The largest absolute Gasteiger partial charge is 0.394 e. The molecule has 19 heavy (non-hydrogen) atoms. The Morgan fingerprint density at radius 1 is 1.32 bits per heavy atom. The molecule has 0 spiro atoms. The van der Waals surface area contributed by atoms with Gasteiger partial charge in [-0.15, -0.1) is 0 Å². The number of rotatable bonds is 3. The lowest BCUT2D eigenvalue weighted by atomic mass is 9.89. The highest BCUT2D eigenvalue weighted by Crippen LogP contribution is 2.31. The average molecular weight is 264 g/mol. The summed E-state index contributed by atoms with van der Waals surface area (Å²) in [5.41, 5.74) is 8.06. The second kappa shape index (κ2) is 5.85. The van der Waals surface area contributed by atoms with Gasteiger partial charge in [-0.3, -0.25) is 0 Å². The first-order valence-electron chi connectivity index (χ1n) is 7.62. The van der Waals surface area contributed by atoms with Crippen molar-refractivity contribution >= 4 is 11.5 Å². The van der Waals surface area contributed by atoms with Crippen molar-refractivity contribution in [1.29, 1.82) is 0 Å². The Bertz CT molecular complexity index is 422. The van der Waals surface area contributed by atoms with E-state index in [2.05, 4.69) is 35.5 Å². The SMILES string of the molecule is CCn1nc(C)c(N)c1N1CCCC(C(C)C)CC1. The third-order valence-electron chi connectivity index (χ3n) is 4.46. The summed E-state index contributed by atoms with van der Waals surface area (Å²) in [6.45, 7) is 11.9. The second-order valence-electron chi connectivity index (χ2n) is 6.06. The number of hydrogen-bond donors (Lipinski definition) is 1. The highest BCUT2D eigenvalue weighted by molar-refractivity contribution is 5.66. The molecule has 0 aliphatic carbocycles. The minimum absolute atomic E-state index is 0.787. The summed E-state index contributed by atoms with van der Waals surface area (Å²) in [7, 11) is 0. The zero-order valence-corrected chi connectivity index (χ0v) is 12.8. The van der Waals surface area contributed by atoms with Gasteiger partial charge < -0.3 is 10.6 Å². The molecular formula is C15H28N4. The van der Waals surface area contributed by atoms with E-state index in [-0.39, 0.29) is 0 Å². The van der Waals surface area contributed by atoms with Crippen LogP contribution in [0.1, 0.15) is 45.7 Å². The highest BCUT2D eigenvalue weighted by Gasteiger charge is 2.23. The Morgan fingerprint density at radius 3 is 2.68 bits per heavy atom. The highest BCUT2D eigenvalue weighted by atomic mass is 15.4. The van der Waals surface area contributed by atoms with E-state index in [1.165, 1.54) is 19.3 Å². The molecule has 1 aromatic heterocycles. The van der Waals surface area contributed by atoms with Crippen molar-refractivity contribution in [1.82, 2.24) is 9.78 Å². The Labute approximate surface area is 117 Å². The Morgan fingerprint density at radius 2 is 2.05 bits per heavy atom. The normalized spacial score (nSPS) is 20.9. The fourth-order valence-electron chi connectivity index (χ4n) is 3.14. The van der Waals surface area contributed by atoms with Crippen LogP contribution in [0.4, 0.5) is 11.5 Å². The van der Waals surface area contributed by atoms with Gasteiger partial charge in [0.15, 0.2) is 5.82 Å². The molecule has 108 valence electrons. The van der Waals surface area contributed by atoms with E-state index in [0.29, 0.717) is 0 Å². The van der Waals surface area contributed by atoms with Crippen molar-refractivity contribution in [2.45, 2.75) is 53.5 Å². The second-order valence-corrected chi connectivity index (χ2v) is 6.06. The summed E-state index contributed by atoms with van der Waals surface area (Å²) in [5, 5.41) is 4.54. The molecule has 0 radical (unpaired) electrons. The van der Waals surface area contributed by atoms with Crippen molar-refractivity contribution < 1.29 is 0 Å². The number of aryl methyl sites for hydroxylation is 2. The van der Waals surface area contributed by atoms with Gasteiger partial charge in [0, 0.05) is 19.6 Å². The van der Waals surface area contributed by atoms with Crippen LogP contribution in [0.5, 0.6) is 0 Å². The zero-order valence-electron chi connectivity index (χ0n) is 12.8. The Kier molecular flexibility index (Phi) is 4.38. The molecule has 1 atom stereocenters. The lowest BCUT2D eigenvalue weighted by Gasteiger charge is -2.24. The fraction of sp³-hybridized carbons (Fsp3) is 0.800. The summed E-state index contributed by atoms with van der Waals surface area (Å²) in [4.78, 5) is 2.45. The van der Waals surface area contributed by atoms with E-state index in [0.717, 1.165) is 48.7 Å². The molecule has 0 amide bonds. The zero-order chi connectivity index (χ0) is 14.0. The van der Waals surface area contributed by atoms with Gasteiger partial charge in [0.1, 0.15) is 0 Å². The first kappa shape index (κ1) is 14.2. The van der Waals surface area contributed by atoms with Crippen molar-refractivity contribution in [3.63, 3.8) is 0 Å². The molecule has 0 saturated carbocycles. The number of nitrogens with two attached hydrogens (primary N) is 1. The van der Waals surface area contributed by atoms with Crippen molar-refractivity contribution in [3.8, 4) is 0 Å². The van der Waals surface area contributed by atoms with Crippen LogP contribution in [0.2, 0.25) is 0 Å². The van der Waals surface area contributed by atoms with Crippen LogP contribution in [-0.2, 0) is 6.54 Å². The molecule has 1 aliphatic rings. The van der Waals surface area contributed by atoms with Crippen molar-refractivity contribution in [3.05, 3.63) is 5.69 Å². The summed E-state index contributed by atoms with van der Waals surface area (Å²) in [5.74, 6) is 2.78. The summed E-state index contributed by atoms with van der Waals surface area (Å²) in [6.07, 6.45) is 3.87. The summed E-state index contributed by atoms with van der Waals surface area (Å²) < 4.78 is 2.06. The minimum Gasteiger partial charge on any atom is -0.394 e. The van der Waals surface area contributed by atoms with Gasteiger partial charge >= 0.3 is 0 Å². The quantitative estimate of drug-likeness (QED) is 0.912. The number of aromatic nitrogens is 2. The lowest BCUT2D eigenvalue weighted by Crippen LogP contribution is -2.28. The van der Waals surface area contributed by atoms with E-state index in [9.17, 15) is 0 Å². The van der Waals surface area contributed by atoms with Gasteiger partial charge in [0.2, 0.25) is 0 Å². The van der Waals surface area contributed by atoms with Crippen LogP contribution in [0.25, 0.3) is 0 Å². The van der Waals surface area contributed by atoms with Gasteiger partial charge in [0.05, 0.1) is 11.4 Å². The standard InChI is InChI=1S/C15H28N4/c1-5-19-15(14(16)12(4)17-19)18-9-6-7-13(8-10-18)11(2)3/h11,13H,5-10,16H2,1-4H3. The van der Waals surface area contributed by atoms with E-state index in [1.807, 2.05) is 6.92 Å². The van der Waals surface area contributed by atoms with Crippen molar-refractivity contribution in [2.24, 2.45) is 11.8 Å². The number of anilines is 2. The molecule has 1 aliphatic heterocycles. The first-order valence-corrected chi connectivity index (χ1v) is 7.62. The van der Waals surface area contributed by atoms with Gasteiger partial charge in [-0.1, -0.05) is 13.8 Å². The summed E-state index contributed by atoms with van der Waals surface area (Å²) >= 11 is 0. The Balaban J connectivity index is 2.18. The first-order chi connectivity index (χ1) is 9.04. The lowest BCUT2D eigenvalue weighted by molar-refractivity contribution is 0.351. The number of hydrogen-bond acceptors (Lipinski definition) is 3. The average Bonchev–Trinajstić information content (AvgIpc) is 2.58. The van der Waals surface area contributed by atoms with E-state index in [4.69, 9.17) is 5.73 Å². The van der Waals surface area contributed by atoms with E-state index < -0.39 is 0 Å². The molecule has 4 heteroatoms. The van der Waals surface area contributed by atoms with Crippen LogP contribution in [-0.4, -0.2) is 22.9 Å². The molecule has 2 heterocycles. The molecule has 1 aromatic rings. The predicted octanol–water partition coefficient (Wildman–Crippen LogP) is 3.06. The molecule has 1 saturated heterocycles. The number of nitrogens with zero attached hydrogens (tertiary/aromatic N) is 3. The third-order valence-corrected chi connectivity index (χ3v) is 4.46. The van der Waals surface area contributed by atoms with Crippen LogP contribution in [0.3, 0.4) is 0 Å². The van der Waals surface area contributed by atoms with E-state index in [1.54, 1.807) is 0 Å². The fourth-order valence-corrected chi connectivity index (χ4v) is 3.14. The van der Waals surface area contributed by atoms with E-state index >= 15 is 0 Å². The maximum atomic E-state index is 6.23. The molecule has 0 bridgehead atoms. The van der Waals surface area contributed by atoms with Crippen LogP contribution < -0.4 is 10.6 Å². The molecule has 2 N–H and O–H groups in total. The molecule has 1 fully saturated rings. The van der Waals surface area contributed by atoms with Crippen LogP contribution in [0.15, 0.2) is 0 Å². The summed E-state index contributed by atoms with van der Waals surface area (Å²) in [6, 6.07) is 0. The molecule has 4 nitrogen and oxygen atoms in total. The van der Waals surface area contributed by atoms with Crippen LogP contribution >= 0.6 is 0 Å². The van der Waals surface area contributed by atoms with Gasteiger partial charge in [-0.25, -0.2) is 4.68 Å². The maximum absolute atomic E-state index is 6.23. The third kappa shape index (κ3) is 2.88. The maximum Gasteiger partial charge on any atom is 0.150 e. The molecule has 2 rings (SSSR count). The molecule has 1 unspecified atom stereocenters. The molecule has 0 aromatic carbocycles. The van der Waals surface area contributed by atoms with Gasteiger partial charge in [-0.2, -0.15) is 5.10 Å². The van der Waals surface area contributed by atoms with Gasteiger partial charge in [-0.05, 0) is 44.9 Å². The monoisotopic (exact) mass is 264 g/mol. The van der Waals surface area contributed by atoms with Crippen LogP contribution in [0, 0.1) is 18.8 Å². The molecular weight excluding hydrogens is 236 g/mol.